The zero-order valence-corrected chi connectivity index (χ0v) is 15.9. The number of rotatable bonds is 4. The van der Waals surface area contributed by atoms with E-state index in [1.807, 2.05) is 6.92 Å². The summed E-state index contributed by atoms with van der Waals surface area (Å²) in [6.45, 7) is 10.6. The molecule has 2 aliphatic rings. The molecule has 6 heteroatoms. The van der Waals surface area contributed by atoms with E-state index in [0.29, 0.717) is 47.1 Å². The van der Waals surface area contributed by atoms with Crippen LogP contribution in [-0.2, 0) is 0 Å². The number of piperidine rings is 1. The summed E-state index contributed by atoms with van der Waals surface area (Å²) >= 11 is 6.22. The van der Waals surface area contributed by atoms with Crippen LogP contribution in [0.15, 0.2) is 12.1 Å². The van der Waals surface area contributed by atoms with Crippen molar-refractivity contribution in [3.63, 3.8) is 0 Å². The van der Waals surface area contributed by atoms with Crippen molar-refractivity contribution in [1.29, 1.82) is 0 Å². The fraction of sp³-hybridized carbons (Fsp3) is 0.632. The van der Waals surface area contributed by atoms with Crippen molar-refractivity contribution in [3.8, 4) is 11.5 Å². The molecule has 0 bridgehead atoms. The highest BCUT2D eigenvalue weighted by Crippen LogP contribution is 2.38. The van der Waals surface area contributed by atoms with Gasteiger partial charge in [0.25, 0.3) is 5.91 Å². The molecule has 25 heavy (non-hydrogen) atoms. The number of amides is 1. The summed E-state index contributed by atoms with van der Waals surface area (Å²) in [4.78, 5) is 15.0. The second kappa shape index (κ2) is 7.83. The fourth-order valence-corrected chi connectivity index (χ4v) is 4.19. The molecule has 1 N–H and O–H groups in total. The molecular weight excluding hydrogens is 340 g/mol. The maximum atomic E-state index is 12.6. The Labute approximate surface area is 154 Å². The summed E-state index contributed by atoms with van der Waals surface area (Å²) in [5, 5.41) is 3.48. The minimum atomic E-state index is -0.135. The smallest absolute Gasteiger partial charge is 0.251 e. The largest absolute Gasteiger partial charge is 0.486 e. The maximum Gasteiger partial charge on any atom is 0.251 e. The summed E-state index contributed by atoms with van der Waals surface area (Å²) in [6, 6.07) is 3.41. The molecule has 1 amide bonds. The van der Waals surface area contributed by atoms with Crippen LogP contribution in [0, 0.1) is 11.8 Å². The quantitative estimate of drug-likeness (QED) is 0.889. The highest BCUT2D eigenvalue weighted by atomic mass is 35.5. The lowest BCUT2D eigenvalue weighted by Crippen LogP contribution is -2.47. The topological polar surface area (TPSA) is 50.8 Å². The first-order valence-electron chi connectivity index (χ1n) is 9.04. The molecule has 3 unspecified atom stereocenters. The van der Waals surface area contributed by atoms with Gasteiger partial charge in [0.05, 0.1) is 5.02 Å². The molecule has 1 aromatic carbocycles. The van der Waals surface area contributed by atoms with Crippen LogP contribution < -0.4 is 14.8 Å². The average Bonchev–Trinajstić information content (AvgIpc) is 2.53. The van der Waals surface area contributed by atoms with Gasteiger partial charge in [0.2, 0.25) is 0 Å². The number of fused-ring (bicyclic) bond motifs is 1. The monoisotopic (exact) mass is 366 g/mol. The van der Waals surface area contributed by atoms with Crippen molar-refractivity contribution < 1.29 is 14.3 Å². The third-order valence-electron chi connectivity index (χ3n) is 4.71. The van der Waals surface area contributed by atoms with Gasteiger partial charge >= 0.3 is 0 Å². The van der Waals surface area contributed by atoms with Gasteiger partial charge in [0, 0.05) is 31.2 Å². The summed E-state index contributed by atoms with van der Waals surface area (Å²) in [7, 11) is 0. The van der Waals surface area contributed by atoms with E-state index in [0.717, 1.165) is 19.6 Å². The van der Waals surface area contributed by atoms with Gasteiger partial charge < -0.3 is 19.7 Å². The number of hydrogen-bond donors (Lipinski definition) is 1. The van der Waals surface area contributed by atoms with Crippen LogP contribution >= 0.6 is 11.6 Å². The van der Waals surface area contributed by atoms with Gasteiger partial charge in [-0.05, 0) is 37.3 Å². The number of hydrogen-bond acceptors (Lipinski definition) is 4. The number of likely N-dealkylation sites (tertiary alicyclic amines) is 1. The first-order valence-corrected chi connectivity index (χ1v) is 9.42. The number of ether oxygens (including phenoxy) is 2. The second-order valence-corrected chi connectivity index (χ2v) is 7.93. The predicted molar refractivity (Wildman–Crippen MR) is 98.8 cm³/mol. The van der Waals surface area contributed by atoms with Crippen LogP contribution in [0.3, 0.4) is 0 Å². The van der Waals surface area contributed by atoms with Gasteiger partial charge in [-0.3, -0.25) is 4.79 Å². The van der Waals surface area contributed by atoms with Crippen LogP contribution in [0.5, 0.6) is 11.5 Å². The van der Waals surface area contributed by atoms with Gasteiger partial charge in [0.15, 0.2) is 11.5 Å². The number of halogens is 1. The Hall–Kier alpha value is -1.46. The molecule has 0 spiro atoms. The maximum absolute atomic E-state index is 12.6. The number of benzene rings is 1. The second-order valence-electron chi connectivity index (χ2n) is 7.52. The Morgan fingerprint density at radius 3 is 2.68 bits per heavy atom. The molecule has 1 fully saturated rings. The molecule has 2 heterocycles. The summed E-state index contributed by atoms with van der Waals surface area (Å²) < 4.78 is 11.0. The predicted octanol–water partition coefficient (Wildman–Crippen LogP) is 3.21. The SMILES string of the molecule is CC1CC(C)CN(CC(C)NC(=O)c2cc(Cl)c3c(c2)OCCO3)C1. The minimum absolute atomic E-state index is 0.0666. The molecule has 3 atom stereocenters. The fourth-order valence-electron chi connectivity index (χ4n) is 3.92. The number of nitrogens with one attached hydrogen (secondary N) is 1. The Morgan fingerprint density at radius 2 is 1.96 bits per heavy atom. The van der Waals surface area contributed by atoms with Crippen LogP contribution in [0.2, 0.25) is 5.02 Å². The average molecular weight is 367 g/mol. The Balaban J connectivity index is 1.61. The van der Waals surface area contributed by atoms with E-state index < -0.39 is 0 Å². The lowest BCUT2D eigenvalue weighted by atomic mass is 9.92. The highest BCUT2D eigenvalue weighted by Gasteiger charge is 2.24. The van der Waals surface area contributed by atoms with E-state index in [1.165, 1.54) is 6.42 Å². The van der Waals surface area contributed by atoms with Crippen LogP contribution in [-0.4, -0.2) is 49.7 Å². The van der Waals surface area contributed by atoms with Gasteiger partial charge in [-0.1, -0.05) is 25.4 Å². The Kier molecular flexibility index (Phi) is 5.74. The van der Waals surface area contributed by atoms with E-state index in [9.17, 15) is 4.79 Å². The molecule has 2 aliphatic heterocycles. The van der Waals surface area contributed by atoms with E-state index in [4.69, 9.17) is 21.1 Å². The van der Waals surface area contributed by atoms with E-state index in [-0.39, 0.29) is 11.9 Å². The zero-order chi connectivity index (χ0) is 18.0. The third-order valence-corrected chi connectivity index (χ3v) is 4.99. The van der Waals surface area contributed by atoms with Gasteiger partial charge in [-0.25, -0.2) is 0 Å². The summed E-state index contributed by atoms with van der Waals surface area (Å²) in [5.41, 5.74) is 0.501. The van der Waals surface area contributed by atoms with Gasteiger partial charge in [0.1, 0.15) is 13.2 Å². The van der Waals surface area contributed by atoms with Crippen molar-refractivity contribution >= 4 is 17.5 Å². The molecule has 1 saturated heterocycles. The Morgan fingerprint density at radius 1 is 1.28 bits per heavy atom. The van der Waals surface area contributed by atoms with Crippen molar-refractivity contribution in [3.05, 3.63) is 22.7 Å². The zero-order valence-electron chi connectivity index (χ0n) is 15.2. The van der Waals surface area contributed by atoms with E-state index in [2.05, 4.69) is 24.1 Å². The lowest BCUT2D eigenvalue weighted by Gasteiger charge is -2.36. The Bertz CT molecular complexity index is 627. The molecule has 5 nitrogen and oxygen atoms in total. The van der Waals surface area contributed by atoms with Crippen LogP contribution in [0.4, 0.5) is 0 Å². The van der Waals surface area contributed by atoms with Crippen LogP contribution in [0.1, 0.15) is 37.6 Å². The molecule has 0 aliphatic carbocycles. The minimum Gasteiger partial charge on any atom is -0.486 e. The summed E-state index contributed by atoms with van der Waals surface area (Å²) in [6.07, 6.45) is 1.28. The van der Waals surface area contributed by atoms with E-state index >= 15 is 0 Å². The van der Waals surface area contributed by atoms with Crippen molar-refractivity contribution in [2.45, 2.75) is 33.2 Å². The molecular formula is C19H27ClN2O3. The molecule has 3 rings (SSSR count). The molecule has 0 saturated carbocycles. The van der Waals surface area contributed by atoms with Crippen LogP contribution in [0.25, 0.3) is 0 Å². The molecule has 1 aromatic rings. The lowest BCUT2D eigenvalue weighted by molar-refractivity contribution is 0.0903. The first kappa shape index (κ1) is 18.3. The number of carbonyl (C=O) groups excluding carboxylic acids is 1. The van der Waals surface area contributed by atoms with Gasteiger partial charge in [-0.2, -0.15) is 0 Å². The number of carbonyl (C=O) groups is 1. The molecule has 0 aromatic heterocycles. The van der Waals surface area contributed by atoms with E-state index in [1.54, 1.807) is 12.1 Å². The van der Waals surface area contributed by atoms with Crippen molar-refractivity contribution in [1.82, 2.24) is 10.2 Å². The highest BCUT2D eigenvalue weighted by molar-refractivity contribution is 6.32. The normalized spacial score (nSPS) is 24.6. The third kappa shape index (κ3) is 4.59. The van der Waals surface area contributed by atoms with Crippen molar-refractivity contribution in [2.75, 3.05) is 32.8 Å². The number of nitrogens with zero attached hydrogens (tertiary/aromatic N) is 1. The van der Waals surface area contributed by atoms with Crippen molar-refractivity contribution in [2.24, 2.45) is 11.8 Å². The molecule has 138 valence electrons. The van der Waals surface area contributed by atoms with Gasteiger partial charge in [-0.15, -0.1) is 0 Å². The molecule has 0 radical (unpaired) electrons. The standard InChI is InChI=1S/C19H27ClN2O3/c1-12-6-13(2)10-22(9-12)11-14(3)21-19(23)15-7-16(20)18-17(8-15)24-4-5-25-18/h7-8,12-14H,4-6,9-11H2,1-3H3,(H,21,23). The summed E-state index contributed by atoms with van der Waals surface area (Å²) in [5.74, 6) is 2.35. The first-order chi connectivity index (χ1) is 11.9.